The first-order valence-corrected chi connectivity index (χ1v) is 10.7. The fourth-order valence-electron chi connectivity index (χ4n) is 3.27. The monoisotopic (exact) mass is 459 g/mol. The van der Waals surface area contributed by atoms with Gasteiger partial charge >= 0.3 is 11.9 Å². The van der Waals surface area contributed by atoms with Crippen molar-refractivity contribution in [2.45, 2.75) is 35.0 Å². The quantitative estimate of drug-likeness (QED) is 0.412. The van der Waals surface area contributed by atoms with E-state index in [-0.39, 0.29) is 5.70 Å². The van der Waals surface area contributed by atoms with Crippen molar-refractivity contribution in [3.8, 4) is 0 Å². The van der Waals surface area contributed by atoms with Gasteiger partial charge in [-0.25, -0.2) is 4.79 Å². The third-order valence-electron chi connectivity index (χ3n) is 4.46. The minimum Gasteiger partial charge on any atom is -0.477 e. The van der Waals surface area contributed by atoms with Gasteiger partial charge in [0.25, 0.3) is 5.91 Å². The predicted molar refractivity (Wildman–Crippen MR) is 98.5 cm³/mol. The molecule has 1 aromatic heterocycles. The molecule has 8 nitrogen and oxygen atoms in total. The Bertz CT molecular complexity index is 833. The molecule has 1 amide bonds. The lowest BCUT2D eigenvalue weighted by Crippen LogP contribution is -2.70. The maximum Gasteiger partial charge on any atom is 0.353 e. The molecule has 0 spiro atoms. The molecule has 0 aromatic carbocycles. The summed E-state index contributed by atoms with van der Waals surface area (Å²) in [4.78, 5) is 37.1. The number of hydrogen-bond donors (Lipinski definition) is 1. The fourth-order valence-corrected chi connectivity index (χ4v) is 6.42. The number of β-lactam (4-membered cyclic amide) rings is 1. The van der Waals surface area contributed by atoms with E-state index in [2.05, 4.69) is 21.0 Å². The first kappa shape index (κ1) is 17.9. The summed E-state index contributed by atoms with van der Waals surface area (Å²) in [6, 6.07) is 1.86. The van der Waals surface area contributed by atoms with Crippen molar-refractivity contribution in [1.29, 1.82) is 0 Å². The summed E-state index contributed by atoms with van der Waals surface area (Å²) in [6.07, 6.45) is -0.0891. The SMILES string of the molecule is CC(=O)OC(c1cc2n(n1)CSCC2)C1(Br)C(=O)N2C(C(=O)O)=CS[C@@H]21. The summed E-state index contributed by atoms with van der Waals surface area (Å²) in [7, 11) is 0. The Morgan fingerprint density at radius 2 is 2.31 bits per heavy atom. The molecule has 26 heavy (non-hydrogen) atoms. The van der Waals surface area contributed by atoms with Gasteiger partial charge in [-0.15, -0.1) is 23.5 Å². The van der Waals surface area contributed by atoms with Crippen molar-refractivity contribution in [3.63, 3.8) is 0 Å². The highest BCUT2D eigenvalue weighted by Gasteiger charge is 2.69. The summed E-state index contributed by atoms with van der Waals surface area (Å²) in [5.41, 5.74) is 1.45. The van der Waals surface area contributed by atoms with Crippen molar-refractivity contribution < 1.29 is 24.2 Å². The molecule has 0 aliphatic carbocycles. The van der Waals surface area contributed by atoms with Crippen LogP contribution in [0.1, 0.15) is 24.4 Å². The minimum atomic E-state index is -1.26. The van der Waals surface area contributed by atoms with Crippen LogP contribution in [-0.4, -0.2) is 53.1 Å². The third-order valence-corrected chi connectivity index (χ3v) is 8.07. The molecule has 0 radical (unpaired) electrons. The molecule has 1 fully saturated rings. The van der Waals surface area contributed by atoms with Gasteiger partial charge in [0.05, 0.1) is 5.88 Å². The molecule has 11 heteroatoms. The number of amides is 1. The first-order chi connectivity index (χ1) is 12.3. The number of thioether (sulfide) groups is 2. The number of alkyl halides is 1. The van der Waals surface area contributed by atoms with E-state index in [4.69, 9.17) is 4.74 Å². The molecule has 3 atom stereocenters. The van der Waals surface area contributed by atoms with E-state index in [1.807, 2.05) is 10.7 Å². The van der Waals surface area contributed by atoms with Gasteiger partial charge in [0, 0.05) is 23.8 Å². The zero-order valence-electron chi connectivity index (χ0n) is 13.5. The van der Waals surface area contributed by atoms with Crippen LogP contribution in [0.4, 0.5) is 0 Å². The van der Waals surface area contributed by atoms with Gasteiger partial charge in [0.1, 0.15) is 16.8 Å². The number of ether oxygens (including phenoxy) is 1. The number of esters is 1. The number of carboxylic acid groups (broad SMARTS) is 1. The summed E-state index contributed by atoms with van der Waals surface area (Å²) >= 11 is 6.43. The van der Waals surface area contributed by atoms with E-state index in [9.17, 15) is 19.5 Å². The molecule has 1 saturated heterocycles. The number of aliphatic carboxylic acids is 1. The fraction of sp³-hybridized carbons (Fsp3) is 0.467. The van der Waals surface area contributed by atoms with Crippen molar-refractivity contribution in [2.75, 3.05) is 5.75 Å². The van der Waals surface area contributed by atoms with Crippen molar-refractivity contribution in [1.82, 2.24) is 14.7 Å². The zero-order chi connectivity index (χ0) is 18.6. The van der Waals surface area contributed by atoms with Gasteiger partial charge in [0.15, 0.2) is 10.4 Å². The van der Waals surface area contributed by atoms with E-state index in [1.54, 1.807) is 11.8 Å². The van der Waals surface area contributed by atoms with Crippen molar-refractivity contribution in [3.05, 3.63) is 28.6 Å². The molecule has 1 aromatic rings. The number of aryl methyl sites for hydroxylation is 1. The lowest BCUT2D eigenvalue weighted by Gasteiger charge is -2.51. The summed E-state index contributed by atoms with van der Waals surface area (Å²) in [5, 5.41) is 14.7. The Hall–Kier alpha value is -1.46. The van der Waals surface area contributed by atoms with E-state index >= 15 is 0 Å². The lowest BCUT2D eigenvalue weighted by atomic mass is 9.88. The number of fused-ring (bicyclic) bond motifs is 2. The Morgan fingerprint density at radius 1 is 1.54 bits per heavy atom. The van der Waals surface area contributed by atoms with Gasteiger partial charge < -0.3 is 9.84 Å². The van der Waals surface area contributed by atoms with Crippen molar-refractivity contribution in [2.24, 2.45) is 0 Å². The summed E-state index contributed by atoms with van der Waals surface area (Å²) in [6.45, 7) is 1.28. The molecular weight excluding hydrogens is 446 g/mol. The van der Waals surface area contributed by atoms with E-state index in [0.717, 1.165) is 17.9 Å². The highest BCUT2D eigenvalue weighted by Crippen LogP contribution is 2.57. The van der Waals surface area contributed by atoms with Gasteiger partial charge in [-0.05, 0) is 12.5 Å². The molecule has 0 bridgehead atoms. The number of carboxylic acids is 1. The number of aromatic nitrogens is 2. The van der Waals surface area contributed by atoms with Crippen LogP contribution < -0.4 is 0 Å². The highest BCUT2D eigenvalue weighted by atomic mass is 79.9. The van der Waals surface area contributed by atoms with E-state index in [0.29, 0.717) is 11.6 Å². The minimum absolute atomic E-state index is 0.0674. The normalized spacial score (nSPS) is 27.9. The van der Waals surface area contributed by atoms with Crippen LogP contribution in [0.15, 0.2) is 17.2 Å². The molecule has 3 aliphatic rings. The molecule has 2 unspecified atom stereocenters. The molecule has 1 N–H and O–H groups in total. The number of carbonyl (C=O) groups excluding carboxylic acids is 2. The van der Waals surface area contributed by atoms with Crippen LogP contribution >= 0.6 is 39.5 Å². The van der Waals surface area contributed by atoms with Crippen LogP contribution in [0.5, 0.6) is 0 Å². The van der Waals surface area contributed by atoms with Crippen LogP contribution in [0.2, 0.25) is 0 Å². The number of rotatable bonds is 4. The van der Waals surface area contributed by atoms with Gasteiger partial charge in [0.2, 0.25) is 0 Å². The largest absolute Gasteiger partial charge is 0.477 e. The summed E-state index contributed by atoms with van der Waals surface area (Å²) in [5.74, 6) is -0.454. The highest BCUT2D eigenvalue weighted by molar-refractivity contribution is 9.10. The van der Waals surface area contributed by atoms with Crippen LogP contribution in [0.3, 0.4) is 0 Å². The lowest BCUT2D eigenvalue weighted by molar-refractivity contribution is -0.162. The number of hydrogen-bond acceptors (Lipinski definition) is 7. The van der Waals surface area contributed by atoms with Gasteiger partial charge in [-0.2, -0.15) is 5.10 Å². The van der Waals surface area contributed by atoms with E-state index < -0.39 is 33.6 Å². The topological polar surface area (TPSA) is 102 Å². The molecule has 4 rings (SSSR count). The Kier molecular flexibility index (Phi) is 4.35. The molecular formula is C15H14BrN3O5S2. The Morgan fingerprint density at radius 3 is 2.96 bits per heavy atom. The molecule has 3 aliphatic heterocycles. The van der Waals surface area contributed by atoms with Crippen LogP contribution in [-0.2, 0) is 31.4 Å². The second-order valence-electron chi connectivity index (χ2n) is 6.08. The Balaban J connectivity index is 1.70. The summed E-state index contributed by atoms with van der Waals surface area (Å²) < 4.78 is 6.09. The third kappa shape index (κ3) is 2.51. The van der Waals surface area contributed by atoms with Crippen LogP contribution in [0.25, 0.3) is 0 Å². The average Bonchev–Trinajstić information content (AvgIpc) is 3.21. The first-order valence-electron chi connectivity index (χ1n) is 7.77. The molecule has 0 saturated carbocycles. The predicted octanol–water partition coefficient (Wildman–Crippen LogP) is 1.71. The maximum absolute atomic E-state index is 12.9. The van der Waals surface area contributed by atoms with Gasteiger partial charge in [-0.1, -0.05) is 15.9 Å². The molecule has 4 heterocycles. The second-order valence-corrected chi connectivity index (χ2v) is 9.42. The van der Waals surface area contributed by atoms with Crippen molar-refractivity contribution >= 4 is 57.3 Å². The van der Waals surface area contributed by atoms with E-state index in [1.165, 1.54) is 29.0 Å². The number of nitrogens with zero attached hydrogens (tertiary/aromatic N) is 3. The van der Waals surface area contributed by atoms with Crippen LogP contribution in [0, 0.1) is 0 Å². The number of halogens is 1. The van der Waals surface area contributed by atoms with Gasteiger partial charge in [-0.3, -0.25) is 19.2 Å². The Labute approximate surface area is 165 Å². The smallest absolute Gasteiger partial charge is 0.353 e. The zero-order valence-corrected chi connectivity index (χ0v) is 16.8. The second kappa shape index (κ2) is 6.31. The number of carbonyl (C=O) groups is 3. The average molecular weight is 460 g/mol. The maximum atomic E-state index is 12.9. The standard InChI is InChI=1S/C15H14BrN3O5S2/c1-7(20)24-11(9-4-8-2-3-25-6-18(8)17-9)15(16)13(23)19-10(12(21)22)5-26-14(15)19/h4-5,11,14H,2-3,6H2,1H3,(H,21,22)/t11?,14-,15?/m1/s1. The molecule has 138 valence electrons.